The Labute approximate surface area is 138 Å². The Balaban J connectivity index is 0. The van der Waals surface area contributed by atoms with Crippen molar-refractivity contribution in [2.24, 2.45) is 5.92 Å². The highest BCUT2D eigenvalue weighted by Gasteiger charge is 2.22. The zero-order chi connectivity index (χ0) is 16.3. The van der Waals surface area contributed by atoms with E-state index in [0.717, 1.165) is 25.7 Å². The third kappa shape index (κ3) is 10.6. The van der Waals surface area contributed by atoms with Crippen LogP contribution in [0.3, 0.4) is 0 Å². The highest BCUT2D eigenvalue weighted by atomic mass is 35.5. The molecule has 0 aliphatic rings. The van der Waals surface area contributed by atoms with Gasteiger partial charge in [0.05, 0.1) is 12.3 Å². The lowest BCUT2D eigenvalue weighted by molar-refractivity contribution is -0.354. The van der Waals surface area contributed by atoms with Crippen molar-refractivity contribution in [1.82, 2.24) is 0 Å². The molecule has 0 aliphatic carbocycles. The second kappa shape index (κ2) is 13.5. The van der Waals surface area contributed by atoms with E-state index in [1.54, 1.807) is 0 Å². The third-order valence-corrected chi connectivity index (χ3v) is 3.07. The summed E-state index contributed by atoms with van der Waals surface area (Å²) in [6.07, 6.45) is 2.52. The van der Waals surface area contributed by atoms with Crippen LogP contribution in [0.5, 0.6) is 0 Å². The van der Waals surface area contributed by atoms with Crippen LogP contribution >= 0.6 is 0 Å². The second-order valence-corrected chi connectivity index (χ2v) is 5.06. The maximum Gasteiger partial charge on any atom is 0.311 e. The molecular weight excluding hydrogens is 310 g/mol. The van der Waals surface area contributed by atoms with Gasteiger partial charge in [-0.3, -0.25) is 14.4 Å². The summed E-state index contributed by atoms with van der Waals surface area (Å²) in [4.78, 5) is 34.5. The first-order chi connectivity index (χ1) is 9.94. The molecule has 7 heteroatoms. The van der Waals surface area contributed by atoms with Gasteiger partial charge in [0, 0.05) is 13.3 Å². The third-order valence-electron chi connectivity index (χ3n) is 3.07. The molecule has 0 spiro atoms. The van der Waals surface area contributed by atoms with Crippen LogP contribution in [0.15, 0.2) is 0 Å². The first-order valence-electron chi connectivity index (χ1n) is 7.65. The van der Waals surface area contributed by atoms with Gasteiger partial charge in [0.15, 0.2) is 5.78 Å². The second-order valence-electron chi connectivity index (χ2n) is 5.06. The van der Waals surface area contributed by atoms with Crippen molar-refractivity contribution in [3.8, 4) is 0 Å². The molecule has 0 aliphatic heterocycles. The number of ketones is 1. The number of ether oxygens (including phenoxy) is 2. The van der Waals surface area contributed by atoms with Crippen molar-refractivity contribution in [1.29, 1.82) is 0 Å². The first kappa shape index (κ1) is 23.1. The predicted octanol–water partition coefficient (Wildman–Crippen LogP) is -1.77. The molecular formula is C15H28ClNO5. The van der Waals surface area contributed by atoms with Gasteiger partial charge in [0.2, 0.25) is 6.29 Å². The van der Waals surface area contributed by atoms with E-state index in [0.29, 0.717) is 0 Å². The molecule has 0 aromatic rings. The smallest absolute Gasteiger partial charge is 0.311 e. The van der Waals surface area contributed by atoms with Crippen LogP contribution in [-0.2, 0) is 23.9 Å². The van der Waals surface area contributed by atoms with E-state index in [9.17, 15) is 14.4 Å². The van der Waals surface area contributed by atoms with Crippen LogP contribution in [0, 0.1) is 5.92 Å². The van der Waals surface area contributed by atoms with Crippen LogP contribution in [0.2, 0.25) is 0 Å². The predicted molar refractivity (Wildman–Crippen MR) is 76.9 cm³/mol. The van der Waals surface area contributed by atoms with Gasteiger partial charge in [-0.1, -0.05) is 26.7 Å². The summed E-state index contributed by atoms with van der Waals surface area (Å²) in [7, 11) is 0. The van der Waals surface area contributed by atoms with Crippen molar-refractivity contribution in [2.45, 2.75) is 65.6 Å². The fraction of sp³-hybridized carbons (Fsp3) is 0.800. The summed E-state index contributed by atoms with van der Waals surface area (Å²) >= 11 is 0. The standard InChI is InChI=1S/C15H27NO5.ClH/c1-4-6-12(7-5-2)15(19)21-11(3)20-14(18)9-8-13(17)10-16;/h11-12H,4-10,16H2,1-3H3;1H. The molecule has 0 aromatic carbocycles. The minimum atomic E-state index is -0.920. The van der Waals surface area contributed by atoms with E-state index < -0.39 is 12.3 Å². The molecule has 0 saturated carbocycles. The molecule has 0 amide bonds. The van der Waals surface area contributed by atoms with Crippen molar-refractivity contribution >= 4 is 17.7 Å². The average Bonchev–Trinajstić information content (AvgIpc) is 2.44. The number of hydrogen-bond acceptors (Lipinski definition) is 5. The molecule has 130 valence electrons. The van der Waals surface area contributed by atoms with Gasteiger partial charge in [-0.2, -0.15) is 0 Å². The van der Waals surface area contributed by atoms with Crippen LogP contribution in [0.25, 0.3) is 0 Å². The summed E-state index contributed by atoms with van der Waals surface area (Å²) in [5.41, 5.74) is 3.45. The number of rotatable bonds is 11. The number of halogens is 1. The zero-order valence-electron chi connectivity index (χ0n) is 13.7. The lowest BCUT2D eigenvalue weighted by Crippen LogP contribution is -3.00. The Morgan fingerprint density at radius 1 is 1.00 bits per heavy atom. The summed E-state index contributed by atoms with van der Waals surface area (Å²) < 4.78 is 10.1. The minimum Gasteiger partial charge on any atom is -1.00 e. The number of carbonyl (C=O) groups is 3. The molecule has 3 N–H and O–H groups in total. The zero-order valence-corrected chi connectivity index (χ0v) is 14.5. The Morgan fingerprint density at radius 2 is 1.55 bits per heavy atom. The molecule has 0 radical (unpaired) electrons. The fourth-order valence-electron chi connectivity index (χ4n) is 1.97. The SMILES string of the molecule is CCCC(CCC)C(=O)OC(C)OC(=O)CCC(=O)C[NH3+].[Cl-]. The Kier molecular flexibility index (Phi) is 14.2. The quantitative estimate of drug-likeness (QED) is 0.355. The molecule has 0 saturated heterocycles. The average molecular weight is 338 g/mol. The van der Waals surface area contributed by atoms with E-state index in [2.05, 4.69) is 5.73 Å². The topological polar surface area (TPSA) is 97.3 Å². The van der Waals surface area contributed by atoms with Gasteiger partial charge in [-0.25, -0.2) is 0 Å². The lowest BCUT2D eigenvalue weighted by atomic mass is 9.99. The monoisotopic (exact) mass is 337 g/mol. The van der Waals surface area contributed by atoms with E-state index in [4.69, 9.17) is 9.47 Å². The van der Waals surface area contributed by atoms with E-state index >= 15 is 0 Å². The normalized spacial score (nSPS) is 11.5. The van der Waals surface area contributed by atoms with Gasteiger partial charge >= 0.3 is 11.9 Å². The highest BCUT2D eigenvalue weighted by molar-refractivity contribution is 5.83. The molecule has 1 unspecified atom stereocenters. The summed E-state index contributed by atoms with van der Waals surface area (Å²) in [6, 6.07) is 0. The molecule has 0 fully saturated rings. The number of quaternary nitrogens is 1. The van der Waals surface area contributed by atoms with E-state index in [1.165, 1.54) is 6.92 Å². The number of Topliss-reactive ketones (excluding diaryl/α,β-unsaturated/α-hetero) is 1. The van der Waals surface area contributed by atoms with Crippen LogP contribution in [0.4, 0.5) is 0 Å². The number of esters is 2. The lowest BCUT2D eigenvalue weighted by Gasteiger charge is -2.18. The van der Waals surface area contributed by atoms with Crippen molar-refractivity contribution in [3.05, 3.63) is 0 Å². The summed E-state index contributed by atoms with van der Waals surface area (Å²) in [5.74, 6) is -1.11. The molecule has 6 nitrogen and oxygen atoms in total. The molecule has 0 bridgehead atoms. The fourth-order valence-corrected chi connectivity index (χ4v) is 1.97. The van der Waals surface area contributed by atoms with Gasteiger partial charge in [-0.15, -0.1) is 0 Å². The maximum absolute atomic E-state index is 12.0. The van der Waals surface area contributed by atoms with Gasteiger partial charge < -0.3 is 27.6 Å². The number of carbonyl (C=O) groups excluding carboxylic acids is 3. The van der Waals surface area contributed by atoms with Crippen LogP contribution in [-0.4, -0.2) is 30.6 Å². The molecule has 0 rings (SSSR count). The molecule has 1 atom stereocenters. The van der Waals surface area contributed by atoms with Crippen LogP contribution in [0.1, 0.15) is 59.3 Å². The summed E-state index contributed by atoms with van der Waals surface area (Å²) in [5, 5.41) is 0. The molecule has 22 heavy (non-hydrogen) atoms. The van der Waals surface area contributed by atoms with Crippen molar-refractivity contribution < 1.29 is 42.0 Å². The largest absolute Gasteiger partial charge is 1.00 e. The van der Waals surface area contributed by atoms with E-state index in [1.807, 2.05) is 13.8 Å². The molecule has 0 heterocycles. The molecule has 0 aromatic heterocycles. The van der Waals surface area contributed by atoms with Gasteiger partial charge in [0.1, 0.15) is 6.54 Å². The Morgan fingerprint density at radius 3 is 2.00 bits per heavy atom. The van der Waals surface area contributed by atoms with Crippen molar-refractivity contribution in [2.75, 3.05) is 6.54 Å². The highest BCUT2D eigenvalue weighted by Crippen LogP contribution is 2.16. The summed E-state index contributed by atoms with van der Waals surface area (Å²) in [6.45, 7) is 5.69. The number of hydrogen-bond donors (Lipinski definition) is 1. The Bertz CT molecular complexity index is 343. The Hall–Kier alpha value is -1.14. The first-order valence-corrected chi connectivity index (χ1v) is 7.65. The van der Waals surface area contributed by atoms with Gasteiger partial charge in [-0.05, 0) is 12.8 Å². The van der Waals surface area contributed by atoms with E-state index in [-0.39, 0.29) is 49.5 Å². The van der Waals surface area contributed by atoms with Gasteiger partial charge in [0.25, 0.3) is 0 Å². The van der Waals surface area contributed by atoms with Crippen molar-refractivity contribution in [3.63, 3.8) is 0 Å². The minimum absolute atomic E-state index is 0. The van der Waals surface area contributed by atoms with Crippen LogP contribution < -0.4 is 18.1 Å². The maximum atomic E-state index is 12.0.